The van der Waals surface area contributed by atoms with Crippen molar-refractivity contribution >= 4 is 17.3 Å². The van der Waals surface area contributed by atoms with Crippen LogP contribution in [0.2, 0.25) is 0 Å². The molecule has 0 aliphatic carbocycles. The Morgan fingerprint density at radius 3 is 2.82 bits per heavy atom. The van der Waals surface area contributed by atoms with Gasteiger partial charge in [0.15, 0.2) is 0 Å². The highest BCUT2D eigenvalue weighted by atomic mass is 32.1. The lowest BCUT2D eigenvalue weighted by Gasteiger charge is -2.39. The molecule has 1 aromatic rings. The number of halogens is 3. The number of rotatable bonds is 5. The molecule has 3 heterocycles. The second-order valence-corrected chi connectivity index (χ2v) is 8.44. The summed E-state index contributed by atoms with van der Waals surface area (Å²) in [5, 5.41) is 7.12. The van der Waals surface area contributed by atoms with Gasteiger partial charge in [0.1, 0.15) is 0 Å². The Hall–Kier alpha value is -1.42. The van der Waals surface area contributed by atoms with Crippen LogP contribution in [-0.4, -0.2) is 60.2 Å². The van der Waals surface area contributed by atoms with Crippen LogP contribution in [0.5, 0.6) is 0 Å². The number of thiophene rings is 1. The number of carbonyl (C=O) groups is 1. The van der Waals surface area contributed by atoms with Gasteiger partial charge in [0, 0.05) is 29.3 Å². The van der Waals surface area contributed by atoms with Gasteiger partial charge in [-0.2, -0.15) is 13.2 Å². The first kappa shape index (κ1) is 22.9. The normalized spacial score (nSPS) is 25.4. The number of piperidine rings is 1. The number of nitrogens with zero attached hydrogens (tertiary/aromatic N) is 1. The number of ether oxygens (including phenoxy) is 2. The summed E-state index contributed by atoms with van der Waals surface area (Å²) in [7, 11) is 0. The van der Waals surface area contributed by atoms with E-state index in [1.165, 1.54) is 29.1 Å². The zero-order valence-electron chi connectivity index (χ0n) is 15.8. The number of alkyl halides is 3. The fourth-order valence-electron chi connectivity index (χ4n) is 3.51. The Kier molecular flexibility index (Phi) is 8.06. The first-order valence-electron chi connectivity index (χ1n) is 9.08. The second-order valence-electron chi connectivity index (χ2n) is 7.07. The monoisotopic (exact) mass is 421 g/mol. The van der Waals surface area contributed by atoms with Crippen molar-refractivity contribution in [2.75, 3.05) is 26.3 Å². The molecular formula is C19H26F3NO4S. The van der Waals surface area contributed by atoms with Gasteiger partial charge >= 0.3 is 12.1 Å². The number of carboxylic acid groups (broad SMARTS) is 1. The van der Waals surface area contributed by atoms with Crippen molar-refractivity contribution < 1.29 is 32.5 Å². The molecule has 158 valence electrons. The van der Waals surface area contributed by atoms with E-state index in [0.717, 1.165) is 26.1 Å². The number of aryl methyl sites for hydroxylation is 1. The van der Waals surface area contributed by atoms with Crippen molar-refractivity contribution in [3.8, 4) is 0 Å². The molecule has 2 aliphatic heterocycles. The van der Waals surface area contributed by atoms with E-state index in [4.69, 9.17) is 19.4 Å². The number of likely N-dealkylation sites (tertiary alicyclic amines) is 1. The fraction of sp³-hybridized carbons (Fsp3) is 0.632. The number of aliphatic carboxylic acids is 1. The average Bonchev–Trinajstić information content (AvgIpc) is 3.19. The predicted octanol–water partition coefficient (Wildman–Crippen LogP) is 4.02. The molecular weight excluding hydrogens is 395 g/mol. The first-order chi connectivity index (χ1) is 13.1. The van der Waals surface area contributed by atoms with Crippen LogP contribution in [0.15, 0.2) is 24.8 Å². The minimum absolute atomic E-state index is 0.0242. The van der Waals surface area contributed by atoms with E-state index < -0.39 is 12.1 Å². The van der Waals surface area contributed by atoms with Crippen LogP contribution >= 0.6 is 11.3 Å². The summed E-state index contributed by atoms with van der Waals surface area (Å²) in [6.45, 7) is 10.5. The number of carboxylic acids is 1. The van der Waals surface area contributed by atoms with Crippen molar-refractivity contribution in [1.82, 2.24) is 4.90 Å². The molecule has 1 spiro atoms. The fourth-order valence-corrected chi connectivity index (χ4v) is 4.45. The molecule has 2 saturated heterocycles. The summed E-state index contributed by atoms with van der Waals surface area (Å²) in [5.74, 6) is -2.76. The Morgan fingerprint density at radius 1 is 1.54 bits per heavy atom. The lowest BCUT2D eigenvalue weighted by Crippen LogP contribution is -2.47. The summed E-state index contributed by atoms with van der Waals surface area (Å²) in [6, 6.07) is 4.47. The van der Waals surface area contributed by atoms with Crippen molar-refractivity contribution in [3.63, 3.8) is 0 Å². The van der Waals surface area contributed by atoms with Crippen LogP contribution in [0.4, 0.5) is 13.2 Å². The van der Waals surface area contributed by atoms with Gasteiger partial charge in [0.2, 0.25) is 0 Å². The maximum absolute atomic E-state index is 10.6. The van der Waals surface area contributed by atoms with E-state index in [1.54, 1.807) is 0 Å². The number of hydrogen-bond acceptors (Lipinski definition) is 5. The highest BCUT2D eigenvalue weighted by Gasteiger charge is 2.43. The topological polar surface area (TPSA) is 59.0 Å². The molecule has 9 heteroatoms. The van der Waals surface area contributed by atoms with E-state index in [2.05, 4.69) is 30.5 Å². The Bertz CT molecular complexity index is 664. The molecule has 3 rings (SSSR count). The Morgan fingerprint density at radius 2 is 2.25 bits per heavy atom. The molecule has 0 aromatic carbocycles. The summed E-state index contributed by atoms with van der Waals surface area (Å²) in [4.78, 5) is 14.3. The summed E-state index contributed by atoms with van der Waals surface area (Å²) in [5.41, 5.74) is 0.0242. The van der Waals surface area contributed by atoms with Crippen molar-refractivity contribution in [3.05, 3.63) is 34.5 Å². The lowest BCUT2D eigenvalue weighted by molar-refractivity contribution is -0.192. The van der Waals surface area contributed by atoms with Crippen molar-refractivity contribution in [2.45, 2.75) is 50.6 Å². The molecule has 0 radical (unpaired) electrons. The standard InChI is InChI=1S/C17H25NO2S.C2HF3O2/c1-3-9-19-15-10-17(20-12-15)7-4-8-18(13-17)11-16-6-5-14(2)21-16;3-2(4,5)1(6)7/h3,5-6,15H,1,4,7-13H2,2H3;(H,6,7). The van der Waals surface area contributed by atoms with E-state index in [-0.39, 0.29) is 11.7 Å². The maximum Gasteiger partial charge on any atom is 0.490 e. The molecule has 28 heavy (non-hydrogen) atoms. The Labute approximate surface area is 166 Å². The van der Waals surface area contributed by atoms with Gasteiger partial charge in [-0.25, -0.2) is 4.79 Å². The van der Waals surface area contributed by atoms with E-state index >= 15 is 0 Å². The largest absolute Gasteiger partial charge is 0.490 e. The molecule has 2 unspecified atom stereocenters. The highest BCUT2D eigenvalue weighted by Crippen LogP contribution is 2.36. The van der Waals surface area contributed by atoms with Crippen LogP contribution < -0.4 is 0 Å². The molecule has 2 aliphatic rings. The van der Waals surface area contributed by atoms with Gasteiger partial charge in [-0.15, -0.1) is 17.9 Å². The SMILES string of the molecule is C=CCOC1COC2(CCCN(Cc3ccc(C)s3)C2)C1.O=C(O)C(F)(F)F. The van der Waals surface area contributed by atoms with Crippen LogP contribution in [0, 0.1) is 6.92 Å². The third kappa shape index (κ3) is 6.88. The van der Waals surface area contributed by atoms with Crippen LogP contribution in [0.1, 0.15) is 29.0 Å². The lowest BCUT2D eigenvalue weighted by atomic mass is 9.89. The quantitative estimate of drug-likeness (QED) is 0.728. The van der Waals surface area contributed by atoms with Gasteiger partial charge in [-0.3, -0.25) is 4.90 Å². The maximum atomic E-state index is 10.6. The third-order valence-electron chi connectivity index (χ3n) is 4.66. The van der Waals surface area contributed by atoms with E-state index in [9.17, 15) is 13.2 Å². The highest BCUT2D eigenvalue weighted by molar-refractivity contribution is 7.11. The summed E-state index contributed by atoms with van der Waals surface area (Å²) in [6.07, 6.45) is 0.393. The molecule has 0 bridgehead atoms. The number of hydrogen-bond donors (Lipinski definition) is 1. The van der Waals surface area contributed by atoms with Gasteiger partial charge in [-0.05, 0) is 38.4 Å². The molecule has 0 saturated carbocycles. The molecule has 2 atom stereocenters. The van der Waals surface area contributed by atoms with Gasteiger partial charge < -0.3 is 14.6 Å². The minimum Gasteiger partial charge on any atom is -0.475 e. The molecule has 2 fully saturated rings. The van der Waals surface area contributed by atoms with Crippen LogP contribution in [0.25, 0.3) is 0 Å². The first-order valence-corrected chi connectivity index (χ1v) is 9.89. The minimum atomic E-state index is -5.08. The van der Waals surface area contributed by atoms with Crippen LogP contribution in [0.3, 0.4) is 0 Å². The summed E-state index contributed by atoms with van der Waals surface area (Å²) >= 11 is 1.91. The molecule has 5 nitrogen and oxygen atoms in total. The van der Waals surface area contributed by atoms with Gasteiger partial charge in [0.25, 0.3) is 0 Å². The molecule has 1 N–H and O–H groups in total. The van der Waals surface area contributed by atoms with Crippen molar-refractivity contribution in [2.24, 2.45) is 0 Å². The third-order valence-corrected chi connectivity index (χ3v) is 5.65. The predicted molar refractivity (Wildman–Crippen MR) is 100 cm³/mol. The van der Waals surface area contributed by atoms with E-state index in [1.807, 2.05) is 17.4 Å². The van der Waals surface area contributed by atoms with Crippen molar-refractivity contribution in [1.29, 1.82) is 0 Å². The Balaban J connectivity index is 0.000000345. The van der Waals surface area contributed by atoms with Gasteiger partial charge in [0.05, 0.1) is 24.9 Å². The average molecular weight is 421 g/mol. The van der Waals surface area contributed by atoms with Gasteiger partial charge in [-0.1, -0.05) is 6.08 Å². The van der Waals surface area contributed by atoms with Crippen LogP contribution in [-0.2, 0) is 20.8 Å². The summed E-state index contributed by atoms with van der Waals surface area (Å²) < 4.78 is 43.7. The zero-order valence-corrected chi connectivity index (χ0v) is 16.7. The van der Waals surface area contributed by atoms with E-state index in [0.29, 0.717) is 6.61 Å². The molecule has 0 amide bonds. The zero-order chi connectivity index (χ0) is 20.8. The molecule has 1 aromatic heterocycles. The smallest absolute Gasteiger partial charge is 0.475 e. The second kappa shape index (κ2) is 9.87.